The highest BCUT2D eigenvalue weighted by molar-refractivity contribution is 9.09. The Labute approximate surface area is 110 Å². The van der Waals surface area contributed by atoms with Crippen LogP contribution in [0.15, 0.2) is 24.3 Å². The van der Waals surface area contributed by atoms with Crippen molar-refractivity contribution in [1.29, 1.82) is 0 Å². The largest absolute Gasteiger partial charge is 0.350 e. The molecule has 1 aromatic rings. The van der Waals surface area contributed by atoms with Gasteiger partial charge in [-0.25, -0.2) is 4.39 Å². The summed E-state index contributed by atoms with van der Waals surface area (Å²) >= 11 is 3.32. The second-order valence-corrected chi connectivity index (χ2v) is 4.78. The van der Waals surface area contributed by atoms with Crippen LogP contribution in [0.1, 0.15) is 37.8 Å². The molecule has 2 nitrogen and oxygen atoms in total. The zero-order valence-corrected chi connectivity index (χ0v) is 11.5. The van der Waals surface area contributed by atoms with Crippen molar-refractivity contribution in [1.82, 2.24) is 5.32 Å². The summed E-state index contributed by atoms with van der Waals surface area (Å²) in [7, 11) is 0. The predicted octanol–water partition coefficient (Wildman–Crippen LogP) is 3.57. The van der Waals surface area contributed by atoms with Gasteiger partial charge in [0.1, 0.15) is 5.82 Å². The van der Waals surface area contributed by atoms with E-state index in [1.54, 1.807) is 6.07 Å². The van der Waals surface area contributed by atoms with Gasteiger partial charge in [-0.3, -0.25) is 4.79 Å². The van der Waals surface area contributed by atoms with Crippen LogP contribution in [0.5, 0.6) is 0 Å². The molecule has 0 saturated carbocycles. The minimum absolute atomic E-state index is 0.0164. The van der Waals surface area contributed by atoms with Gasteiger partial charge in [0, 0.05) is 11.8 Å². The number of rotatable bonds is 6. The fraction of sp³-hybridized carbons (Fsp3) is 0.462. The first kappa shape index (κ1) is 14.2. The number of benzene rings is 1. The van der Waals surface area contributed by atoms with E-state index >= 15 is 0 Å². The van der Waals surface area contributed by atoms with Crippen LogP contribution in [-0.2, 0) is 4.79 Å². The van der Waals surface area contributed by atoms with Crippen molar-refractivity contribution in [2.75, 3.05) is 5.33 Å². The van der Waals surface area contributed by atoms with Gasteiger partial charge < -0.3 is 5.32 Å². The highest BCUT2D eigenvalue weighted by atomic mass is 79.9. The third-order valence-corrected chi connectivity index (χ3v) is 3.07. The lowest BCUT2D eigenvalue weighted by Gasteiger charge is -2.14. The van der Waals surface area contributed by atoms with E-state index in [9.17, 15) is 9.18 Å². The number of carbonyl (C=O) groups excluding carboxylic acids is 1. The smallest absolute Gasteiger partial charge is 0.220 e. The highest BCUT2D eigenvalue weighted by Crippen LogP contribution is 2.13. The molecule has 0 aliphatic heterocycles. The summed E-state index contributed by atoms with van der Waals surface area (Å²) in [4.78, 5) is 11.6. The molecule has 0 aliphatic carbocycles. The van der Waals surface area contributed by atoms with Crippen molar-refractivity contribution in [3.05, 3.63) is 35.6 Å². The number of hydrogen-bond acceptors (Lipinski definition) is 1. The Morgan fingerprint density at radius 2 is 2.24 bits per heavy atom. The average Bonchev–Trinajstić information content (AvgIpc) is 2.29. The number of hydrogen-bond donors (Lipinski definition) is 1. The van der Waals surface area contributed by atoms with E-state index in [1.807, 2.05) is 13.0 Å². The maximum atomic E-state index is 13.0. The van der Waals surface area contributed by atoms with Crippen LogP contribution in [0.25, 0.3) is 0 Å². The molecule has 0 bridgehead atoms. The van der Waals surface area contributed by atoms with Crippen LogP contribution < -0.4 is 5.32 Å². The molecule has 0 fully saturated rings. The van der Waals surface area contributed by atoms with E-state index in [0.717, 1.165) is 23.7 Å². The van der Waals surface area contributed by atoms with E-state index in [1.165, 1.54) is 12.1 Å². The zero-order valence-electron chi connectivity index (χ0n) is 9.88. The van der Waals surface area contributed by atoms with E-state index in [-0.39, 0.29) is 17.8 Å². The van der Waals surface area contributed by atoms with Gasteiger partial charge in [0.15, 0.2) is 0 Å². The van der Waals surface area contributed by atoms with Gasteiger partial charge in [-0.1, -0.05) is 28.1 Å². The minimum atomic E-state index is -0.275. The molecule has 0 spiro atoms. The maximum absolute atomic E-state index is 13.0. The van der Waals surface area contributed by atoms with Gasteiger partial charge >= 0.3 is 0 Å². The van der Waals surface area contributed by atoms with Crippen molar-refractivity contribution < 1.29 is 9.18 Å². The predicted molar refractivity (Wildman–Crippen MR) is 70.6 cm³/mol. The Morgan fingerprint density at radius 1 is 1.47 bits per heavy atom. The summed E-state index contributed by atoms with van der Waals surface area (Å²) < 4.78 is 13.0. The first-order chi connectivity index (χ1) is 8.13. The standard InChI is InChI=1S/C13H17BrFNO/c1-10(11-5-4-6-12(15)9-11)16-13(17)7-2-3-8-14/h4-6,9-10H,2-3,7-8H2,1H3,(H,16,17). The first-order valence-electron chi connectivity index (χ1n) is 5.74. The van der Waals surface area contributed by atoms with Gasteiger partial charge in [-0.2, -0.15) is 0 Å². The molecule has 94 valence electrons. The lowest BCUT2D eigenvalue weighted by Crippen LogP contribution is -2.26. The normalized spacial score (nSPS) is 12.2. The van der Waals surface area contributed by atoms with Crippen LogP contribution in [0, 0.1) is 5.82 Å². The van der Waals surface area contributed by atoms with Crippen molar-refractivity contribution in [2.24, 2.45) is 0 Å². The zero-order chi connectivity index (χ0) is 12.7. The molecule has 0 aliphatic rings. The molecule has 1 atom stereocenters. The molecule has 0 saturated heterocycles. The average molecular weight is 302 g/mol. The monoisotopic (exact) mass is 301 g/mol. The second kappa shape index (κ2) is 7.43. The van der Waals surface area contributed by atoms with E-state index in [4.69, 9.17) is 0 Å². The lowest BCUT2D eigenvalue weighted by molar-refractivity contribution is -0.121. The quantitative estimate of drug-likeness (QED) is 0.632. The molecular formula is C13H17BrFNO. The lowest BCUT2D eigenvalue weighted by atomic mass is 10.1. The second-order valence-electron chi connectivity index (χ2n) is 3.99. The summed E-state index contributed by atoms with van der Waals surface area (Å²) in [6.07, 6.45) is 2.37. The summed E-state index contributed by atoms with van der Waals surface area (Å²) in [6, 6.07) is 6.16. The molecule has 1 N–H and O–H groups in total. The summed E-state index contributed by atoms with van der Waals surface area (Å²) in [5.41, 5.74) is 0.791. The van der Waals surface area contributed by atoms with Crippen LogP contribution in [0.4, 0.5) is 4.39 Å². The van der Waals surface area contributed by atoms with E-state index in [2.05, 4.69) is 21.2 Å². The number of carbonyl (C=O) groups is 1. The minimum Gasteiger partial charge on any atom is -0.350 e. The van der Waals surface area contributed by atoms with Crippen LogP contribution >= 0.6 is 15.9 Å². The Kier molecular flexibility index (Phi) is 6.19. The fourth-order valence-corrected chi connectivity index (χ4v) is 1.95. The topological polar surface area (TPSA) is 29.1 Å². The van der Waals surface area contributed by atoms with E-state index in [0.29, 0.717) is 6.42 Å². The Morgan fingerprint density at radius 3 is 2.88 bits per heavy atom. The molecule has 1 rings (SSSR count). The summed E-state index contributed by atoms with van der Waals surface area (Å²) in [6.45, 7) is 1.86. The van der Waals surface area contributed by atoms with Crippen LogP contribution in [0.2, 0.25) is 0 Å². The summed E-state index contributed by atoms with van der Waals surface area (Å²) in [5.74, 6) is -0.259. The van der Waals surface area contributed by atoms with Gasteiger partial charge in [0.25, 0.3) is 0 Å². The fourth-order valence-electron chi connectivity index (χ4n) is 1.55. The van der Waals surface area contributed by atoms with Gasteiger partial charge in [0.2, 0.25) is 5.91 Å². The number of nitrogens with one attached hydrogen (secondary N) is 1. The molecule has 1 amide bonds. The van der Waals surface area contributed by atoms with Crippen molar-refractivity contribution in [2.45, 2.75) is 32.2 Å². The summed E-state index contributed by atoms with van der Waals surface area (Å²) in [5, 5.41) is 3.78. The Hall–Kier alpha value is -0.900. The highest BCUT2D eigenvalue weighted by Gasteiger charge is 2.09. The number of amides is 1. The molecule has 1 aromatic carbocycles. The molecule has 17 heavy (non-hydrogen) atoms. The molecule has 0 radical (unpaired) electrons. The van der Waals surface area contributed by atoms with Crippen molar-refractivity contribution in [3.63, 3.8) is 0 Å². The van der Waals surface area contributed by atoms with Gasteiger partial charge in [-0.05, 0) is 37.5 Å². The van der Waals surface area contributed by atoms with Crippen molar-refractivity contribution in [3.8, 4) is 0 Å². The van der Waals surface area contributed by atoms with Crippen LogP contribution in [0.3, 0.4) is 0 Å². The number of halogens is 2. The molecular weight excluding hydrogens is 285 g/mol. The molecule has 1 unspecified atom stereocenters. The van der Waals surface area contributed by atoms with Crippen LogP contribution in [-0.4, -0.2) is 11.2 Å². The Bertz CT molecular complexity index is 370. The molecule has 0 aromatic heterocycles. The molecule has 4 heteroatoms. The maximum Gasteiger partial charge on any atom is 0.220 e. The Balaban J connectivity index is 2.43. The van der Waals surface area contributed by atoms with Gasteiger partial charge in [-0.15, -0.1) is 0 Å². The third kappa shape index (κ3) is 5.31. The van der Waals surface area contributed by atoms with Crippen molar-refractivity contribution >= 4 is 21.8 Å². The third-order valence-electron chi connectivity index (χ3n) is 2.51. The van der Waals surface area contributed by atoms with Gasteiger partial charge in [0.05, 0.1) is 6.04 Å². The van der Waals surface area contributed by atoms with E-state index < -0.39 is 0 Å². The number of alkyl halides is 1. The number of unbranched alkanes of at least 4 members (excludes halogenated alkanes) is 1. The SMILES string of the molecule is CC(NC(=O)CCCCBr)c1cccc(F)c1. The molecule has 0 heterocycles. The first-order valence-corrected chi connectivity index (χ1v) is 6.86.